The van der Waals surface area contributed by atoms with Crippen LogP contribution in [0.25, 0.3) is 0 Å². The van der Waals surface area contributed by atoms with Crippen LogP contribution in [-0.4, -0.2) is 22.8 Å². The molecular formula is C17H22O5. The number of ether oxygens (including phenoxy) is 2. The van der Waals surface area contributed by atoms with E-state index in [0.717, 1.165) is 0 Å². The highest BCUT2D eigenvalue weighted by Gasteiger charge is 2.34. The lowest BCUT2D eigenvalue weighted by atomic mass is 9.82. The molecule has 5 heteroatoms. The number of benzene rings is 1. The summed E-state index contributed by atoms with van der Waals surface area (Å²) in [6.45, 7) is 3.39. The van der Waals surface area contributed by atoms with Gasteiger partial charge in [0.1, 0.15) is 5.75 Å². The molecule has 0 saturated heterocycles. The Labute approximate surface area is 130 Å². The summed E-state index contributed by atoms with van der Waals surface area (Å²) in [6, 6.07) is 9.18. The smallest absolute Gasteiger partial charge is 0.312 e. The van der Waals surface area contributed by atoms with Gasteiger partial charge < -0.3 is 14.6 Å². The molecule has 5 nitrogen and oxygen atoms in total. The van der Waals surface area contributed by atoms with Crippen molar-refractivity contribution >= 4 is 11.9 Å². The molecule has 0 unspecified atom stereocenters. The average Bonchev–Trinajstić information content (AvgIpc) is 2.47. The SMILES string of the molecule is CC(C)(OC(=O)C1CCC(C(=O)O)CC1)Oc1ccccc1. The maximum absolute atomic E-state index is 12.2. The van der Waals surface area contributed by atoms with E-state index in [1.54, 1.807) is 26.0 Å². The van der Waals surface area contributed by atoms with E-state index < -0.39 is 11.8 Å². The zero-order chi connectivity index (χ0) is 16.2. The van der Waals surface area contributed by atoms with Crippen molar-refractivity contribution in [2.45, 2.75) is 45.3 Å². The zero-order valence-corrected chi connectivity index (χ0v) is 13.0. The lowest BCUT2D eigenvalue weighted by Gasteiger charge is -2.30. The third kappa shape index (κ3) is 4.48. The standard InChI is InChI=1S/C17H22O5/c1-17(2,21-14-6-4-3-5-7-14)22-16(20)13-10-8-12(9-11-13)15(18)19/h3-7,12-13H,8-11H2,1-2H3,(H,18,19). The lowest BCUT2D eigenvalue weighted by molar-refractivity contribution is -0.192. The topological polar surface area (TPSA) is 72.8 Å². The molecule has 0 spiro atoms. The molecule has 0 heterocycles. The summed E-state index contributed by atoms with van der Waals surface area (Å²) in [4.78, 5) is 23.2. The molecule has 1 N–H and O–H groups in total. The average molecular weight is 306 g/mol. The van der Waals surface area contributed by atoms with Gasteiger partial charge in [-0.2, -0.15) is 0 Å². The van der Waals surface area contributed by atoms with Gasteiger partial charge in [0.15, 0.2) is 0 Å². The molecule has 0 aliphatic heterocycles. The van der Waals surface area contributed by atoms with Gasteiger partial charge in [-0.1, -0.05) is 18.2 Å². The highest BCUT2D eigenvalue weighted by Crippen LogP contribution is 2.31. The van der Waals surface area contributed by atoms with Gasteiger partial charge in [-0.05, 0) is 37.8 Å². The molecule has 22 heavy (non-hydrogen) atoms. The molecule has 120 valence electrons. The molecule has 1 aliphatic rings. The number of carboxylic acids is 1. The van der Waals surface area contributed by atoms with Gasteiger partial charge in [-0.15, -0.1) is 0 Å². The fourth-order valence-corrected chi connectivity index (χ4v) is 2.69. The minimum atomic E-state index is -1.05. The van der Waals surface area contributed by atoms with Gasteiger partial charge in [0.25, 0.3) is 0 Å². The summed E-state index contributed by atoms with van der Waals surface area (Å²) in [5, 5.41) is 8.98. The van der Waals surface area contributed by atoms with E-state index in [-0.39, 0.29) is 17.8 Å². The monoisotopic (exact) mass is 306 g/mol. The number of rotatable bonds is 5. The van der Waals surface area contributed by atoms with Gasteiger partial charge in [0, 0.05) is 13.8 Å². The van der Waals surface area contributed by atoms with Crippen LogP contribution in [0.15, 0.2) is 30.3 Å². The van der Waals surface area contributed by atoms with E-state index in [0.29, 0.717) is 31.4 Å². The predicted molar refractivity (Wildman–Crippen MR) is 80.3 cm³/mol. The molecule has 0 radical (unpaired) electrons. The Morgan fingerprint density at radius 1 is 1.05 bits per heavy atom. The Bertz CT molecular complexity index is 515. The molecule has 0 aromatic heterocycles. The van der Waals surface area contributed by atoms with Crippen LogP contribution >= 0.6 is 0 Å². The summed E-state index contributed by atoms with van der Waals surface area (Å²) < 4.78 is 11.2. The Balaban J connectivity index is 1.87. The van der Waals surface area contributed by atoms with Crippen molar-refractivity contribution < 1.29 is 24.2 Å². The summed E-state index contributed by atoms with van der Waals surface area (Å²) >= 11 is 0. The normalized spacial score (nSPS) is 21.9. The Hall–Kier alpha value is -2.04. The molecule has 1 aliphatic carbocycles. The maximum Gasteiger partial charge on any atom is 0.312 e. The highest BCUT2D eigenvalue weighted by atomic mass is 16.7. The van der Waals surface area contributed by atoms with Crippen LogP contribution in [0.4, 0.5) is 0 Å². The second kappa shape index (κ2) is 6.81. The maximum atomic E-state index is 12.2. The number of carbonyl (C=O) groups is 2. The molecule has 0 bridgehead atoms. The van der Waals surface area contributed by atoms with Crippen molar-refractivity contribution in [3.8, 4) is 5.75 Å². The molecule has 1 aromatic carbocycles. The summed E-state index contributed by atoms with van der Waals surface area (Å²) in [6.07, 6.45) is 2.15. The Morgan fingerprint density at radius 3 is 2.14 bits per heavy atom. The van der Waals surface area contributed by atoms with Crippen molar-refractivity contribution in [2.75, 3.05) is 0 Å². The van der Waals surface area contributed by atoms with Gasteiger partial charge in [-0.25, -0.2) is 0 Å². The summed E-state index contributed by atoms with van der Waals surface area (Å²) in [7, 11) is 0. The van der Waals surface area contributed by atoms with Gasteiger partial charge in [0.05, 0.1) is 11.8 Å². The molecule has 1 aromatic rings. The molecular weight excluding hydrogens is 284 g/mol. The van der Waals surface area contributed by atoms with E-state index in [4.69, 9.17) is 14.6 Å². The second-order valence-electron chi connectivity index (χ2n) is 6.12. The first-order chi connectivity index (χ1) is 10.4. The van der Waals surface area contributed by atoms with Crippen LogP contribution in [0.3, 0.4) is 0 Å². The van der Waals surface area contributed by atoms with Crippen molar-refractivity contribution in [3.05, 3.63) is 30.3 Å². The van der Waals surface area contributed by atoms with Crippen LogP contribution in [0.1, 0.15) is 39.5 Å². The molecule has 0 amide bonds. The highest BCUT2D eigenvalue weighted by molar-refractivity contribution is 5.74. The largest absolute Gasteiger partial charge is 0.481 e. The lowest BCUT2D eigenvalue weighted by Crippen LogP contribution is -2.38. The predicted octanol–water partition coefficient (Wildman–Crippen LogP) is 3.24. The van der Waals surface area contributed by atoms with E-state index in [2.05, 4.69) is 0 Å². The number of hydrogen-bond donors (Lipinski definition) is 1. The van der Waals surface area contributed by atoms with Crippen LogP contribution in [0, 0.1) is 11.8 Å². The van der Waals surface area contributed by atoms with Crippen molar-refractivity contribution in [3.63, 3.8) is 0 Å². The first-order valence-corrected chi connectivity index (χ1v) is 7.57. The van der Waals surface area contributed by atoms with E-state index in [1.807, 2.05) is 18.2 Å². The number of carboxylic acid groups (broad SMARTS) is 1. The van der Waals surface area contributed by atoms with Crippen molar-refractivity contribution in [2.24, 2.45) is 11.8 Å². The zero-order valence-electron chi connectivity index (χ0n) is 13.0. The van der Waals surface area contributed by atoms with Gasteiger partial charge in [0.2, 0.25) is 5.79 Å². The molecule has 1 fully saturated rings. The Morgan fingerprint density at radius 2 is 1.59 bits per heavy atom. The number of para-hydroxylation sites is 1. The van der Waals surface area contributed by atoms with E-state index >= 15 is 0 Å². The first kappa shape index (κ1) is 16.3. The van der Waals surface area contributed by atoms with Crippen molar-refractivity contribution in [1.29, 1.82) is 0 Å². The van der Waals surface area contributed by atoms with Crippen LogP contribution in [0.5, 0.6) is 5.75 Å². The Kier molecular flexibility index (Phi) is 5.06. The number of esters is 1. The van der Waals surface area contributed by atoms with Crippen LogP contribution in [0.2, 0.25) is 0 Å². The number of aliphatic carboxylic acids is 1. The second-order valence-corrected chi connectivity index (χ2v) is 6.12. The minimum absolute atomic E-state index is 0.241. The molecule has 0 atom stereocenters. The quantitative estimate of drug-likeness (QED) is 0.668. The fourth-order valence-electron chi connectivity index (χ4n) is 2.69. The van der Waals surface area contributed by atoms with Crippen LogP contribution < -0.4 is 4.74 Å². The van der Waals surface area contributed by atoms with Gasteiger partial charge in [-0.3, -0.25) is 9.59 Å². The first-order valence-electron chi connectivity index (χ1n) is 7.57. The van der Waals surface area contributed by atoms with Gasteiger partial charge >= 0.3 is 11.9 Å². The van der Waals surface area contributed by atoms with E-state index in [1.165, 1.54) is 0 Å². The van der Waals surface area contributed by atoms with Crippen molar-refractivity contribution in [1.82, 2.24) is 0 Å². The number of hydrogen-bond acceptors (Lipinski definition) is 4. The third-order valence-corrected chi connectivity index (χ3v) is 3.86. The molecule has 1 saturated carbocycles. The fraction of sp³-hybridized carbons (Fsp3) is 0.529. The number of carbonyl (C=O) groups excluding carboxylic acids is 1. The van der Waals surface area contributed by atoms with Crippen LogP contribution in [-0.2, 0) is 14.3 Å². The summed E-state index contributed by atoms with van der Waals surface area (Å²) in [5.41, 5.74) is 0. The summed E-state index contributed by atoms with van der Waals surface area (Å²) in [5.74, 6) is -2.09. The van der Waals surface area contributed by atoms with E-state index in [9.17, 15) is 9.59 Å². The molecule has 2 rings (SSSR count). The third-order valence-electron chi connectivity index (χ3n) is 3.86. The minimum Gasteiger partial charge on any atom is -0.481 e.